The number of ether oxygens (including phenoxy) is 1. The van der Waals surface area contributed by atoms with E-state index >= 15 is 0 Å². The third-order valence-electron chi connectivity index (χ3n) is 6.15. The number of aromatic nitrogens is 4. The van der Waals surface area contributed by atoms with Gasteiger partial charge in [0.05, 0.1) is 35.3 Å². The predicted molar refractivity (Wildman–Crippen MR) is 130 cm³/mol. The average Bonchev–Trinajstić information content (AvgIpc) is 3.43. The lowest BCUT2D eigenvalue weighted by molar-refractivity contribution is 0.122. The van der Waals surface area contributed by atoms with Crippen LogP contribution in [0.15, 0.2) is 41.9 Å². The molecule has 0 unspecified atom stereocenters. The van der Waals surface area contributed by atoms with Crippen LogP contribution < -0.4 is 4.90 Å². The number of morpholine rings is 1. The van der Waals surface area contributed by atoms with Gasteiger partial charge < -0.3 is 9.64 Å². The zero-order chi connectivity index (χ0) is 23.4. The fourth-order valence-electron chi connectivity index (χ4n) is 4.59. The van der Waals surface area contributed by atoms with Crippen LogP contribution in [0.1, 0.15) is 11.5 Å². The molecule has 0 saturated carbocycles. The van der Waals surface area contributed by atoms with E-state index in [1.165, 1.54) is 6.20 Å². The molecule has 34 heavy (non-hydrogen) atoms. The lowest BCUT2D eigenvalue weighted by atomic mass is 10.1. The highest BCUT2D eigenvalue weighted by Crippen LogP contribution is 2.38. The smallest absolute Gasteiger partial charge is 0.149 e. The van der Waals surface area contributed by atoms with Crippen LogP contribution in [-0.2, 0) is 4.74 Å². The molecule has 4 heterocycles. The third-order valence-corrected chi connectivity index (χ3v) is 7.14. The fraction of sp³-hybridized carbons (Fsp3) is 0.240. The van der Waals surface area contributed by atoms with Crippen molar-refractivity contribution >= 4 is 39.0 Å². The van der Waals surface area contributed by atoms with Crippen LogP contribution in [-0.4, -0.2) is 45.8 Å². The van der Waals surface area contributed by atoms with Crippen LogP contribution in [0, 0.1) is 25.5 Å². The zero-order valence-corrected chi connectivity index (χ0v) is 19.5. The molecule has 172 valence electrons. The maximum absolute atomic E-state index is 15.0. The van der Waals surface area contributed by atoms with Crippen molar-refractivity contribution in [1.82, 2.24) is 19.5 Å². The highest BCUT2D eigenvalue weighted by Gasteiger charge is 2.22. The van der Waals surface area contributed by atoms with E-state index in [4.69, 9.17) is 14.7 Å². The molecule has 0 atom stereocenters. The molecule has 0 aliphatic carbocycles. The van der Waals surface area contributed by atoms with Gasteiger partial charge in [0, 0.05) is 41.6 Å². The Morgan fingerprint density at radius 1 is 0.971 bits per heavy atom. The predicted octanol–water partition coefficient (Wildman–Crippen LogP) is 5.43. The fourth-order valence-corrected chi connectivity index (χ4v) is 5.40. The Kier molecular flexibility index (Phi) is 5.04. The minimum Gasteiger partial charge on any atom is -0.378 e. The average molecular weight is 478 g/mol. The van der Waals surface area contributed by atoms with Gasteiger partial charge in [0.25, 0.3) is 0 Å². The number of anilines is 1. The number of nitrogens with zero attached hydrogens (tertiary/aromatic N) is 5. The summed E-state index contributed by atoms with van der Waals surface area (Å²) in [5.74, 6) is -0.422. The van der Waals surface area contributed by atoms with Crippen molar-refractivity contribution in [2.24, 2.45) is 0 Å². The molecular weight excluding hydrogens is 456 g/mol. The minimum absolute atomic E-state index is 0.00106. The summed E-state index contributed by atoms with van der Waals surface area (Å²) in [6.07, 6.45) is 1.50. The van der Waals surface area contributed by atoms with Crippen LogP contribution in [0.5, 0.6) is 0 Å². The number of hydrogen-bond acceptors (Lipinski definition) is 6. The number of aryl methyl sites for hydroxylation is 2. The molecule has 9 heteroatoms. The normalized spacial score (nSPS) is 14.4. The van der Waals surface area contributed by atoms with Crippen molar-refractivity contribution in [1.29, 1.82) is 0 Å². The molecule has 1 saturated heterocycles. The number of rotatable bonds is 3. The third kappa shape index (κ3) is 3.35. The van der Waals surface area contributed by atoms with Crippen molar-refractivity contribution in [2.75, 3.05) is 31.2 Å². The number of halogens is 2. The highest BCUT2D eigenvalue weighted by atomic mass is 32.1. The van der Waals surface area contributed by atoms with Crippen molar-refractivity contribution in [3.05, 3.63) is 65.1 Å². The first-order chi connectivity index (χ1) is 16.5. The monoisotopic (exact) mass is 477 g/mol. The molecule has 6 nitrogen and oxygen atoms in total. The van der Waals surface area contributed by atoms with Gasteiger partial charge in [-0.25, -0.2) is 18.7 Å². The standard InChI is InChI=1S/C25H21F2N5OS/c1-14-13-34-25(29-14)17-11-16(31-7-9-33-10-8-31)12-21-23(17)30-15(2)32(21)20-5-6-28-24-19(27)4-3-18(26)22(20)24/h3-6,11-13H,7-10H2,1-2H3. The molecule has 0 bridgehead atoms. The molecule has 0 N–H and O–H groups in total. The quantitative estimate of drug-likeness (QED) is 0.347. The summed E-state index contributed by atoms with van der Waals surface area (Å²) in [5.41, 5.74) is 4.96. The lowest BCUT2D eigenvalue weighted by Crippen LogP contribution is -2.36. The molecule has 1 aliphatic heterocycles. The first kappa shape index (κ1) is 21.1. The summed E-state index contributed by atoms with van der Waals surface area (Å²) in [7, 11) is 0. The van der Waals surface area contributed by atoms with Crippen LogP contribution >= 0.6 is 11.3 Å². The Balaban J connectivity index is 1.68. The molecular formula is C25H21F2N5OS. The van der Waals surface area contributed by atoms with E-state index in [2.05, 4.69) is 22.0 Å². The molecule has 6 rings (SSSR count). The SMILES string of the molecule is Cc1csc(-c2cc(N3CCOCC3)cc3c2nc(C)n3-c2ccnc3c(F)ccc(F)c23)n1. The maximum Gasteiger partial charge on any atom is 0.149 e. The summed E-state index contributed by atoms with van der Waals surface area (Å²) in [6, 6.07) is 8.13. The Hall–Kier alpha value is -3.43. The van der Waals surface area contributed by atoms with Crippen LogP contribution in [0.25, 0.3) is 38.2 Å². The van der Waals surface area contributed by atoms with E-state index in [1.54, 1.807) is 17.4 Å². The highest BCUT2D eigenvalue weighted by molar-refractivity contribution is 7.13. The summed E-state index contributed by atoms with van der Waals surface area (Å²) in [5, 5.41) is 3.02. The summed E-state index contributed by atoms with van der Waals surface area (Å²) in [4.78, 5) is 16.0. The molecule has 0 amide bonds. The van der Waals surface area contributed by atoms with E-state index in [9.17, 15) is 8.78 Å². The van der Waals surface area contributed by atoms with Gasteiger partial charge in [-0.3, -0.25) is 9.55 Å². The van der Waals surface area contributed by atoms with Crippen molar-refractivity contribution in [3.8, 4) is 16.3 Å². The Bertz CT molecular complexity index is 1550. The van der Waals surface area contributed by atoms with Gasteiger partial charge in [-0.15, -0.1) is 11.3 Å². The number of pyridine rings is 1. The van der Waals surface area contributed by atoms with Gasteiger partial charge in [0.1, 0.15) is 28.0 Å². The van der Waals surface area contributed by atoms with Gasteiger partial charge in [-0.05, 0) is 44.2 Å². The van der Waals surface area contributed by atoms with E-state index in [0.29, 0.717) is 24.7 Å². The van der Waals surface area contributed by atoms with Crippen LogP contribution in [0.4, 0.5) is 14.5 Å². The van der Waals surface area contributed by atoms with E-state index in [0.717, 1.165) is 58.2 Å². The van der Waals surface area contributed by atoms with Gasteiger partial charge in [-0.2, -0.15) is 0 Å². The Morgan fingerprint density at radius 2 is 1.76 bits per heavy atom. The molecule has 1 fully saturated rings. The Morgan fingerprint density at radius 3 is 2.53 bits per heavy atom. The topological polar surface area (TPSA) is 56.1 Å². The van der Waals surface area contributed by atoms with Crippen molar-refractivity contribution < 1.29 is 13.5 Å². The first-order valence-electron chi connectivity index (χ1n) is 11.0. The van der Waals surface area contributed by atoms with E-state index in [-0.39, 0.29) is 10.9 Å². The van der Waals surface area contributed by atoms with E-state index in [1.807, 2.05) is 23.8 Å². The van der Waals surface area contributed by atoms with Crippen LogP contribution in [0.2, 0.25) is 0 Å². The van der Waals surface area contributed by atoms with Crippen molar-refractivity contribution in [2.45, 2.75) is 13.8 Å². The van der Waals surface area contributed by atoms with Crippen molar-refractivity contribution in [3.63, 3.8) is 0 Å². The lowest BCUT2D eigenvalue weighted by Gasteiger charge is -2.29. The molecule has 3 aromatic heterocycles. The maximum atomic E-state index is 15.0. The molecule has 0 radical (unpaired) electrons. The van der Waals surface area contributed by atoms with Gasteiger partial charge in [-0.1, -0.05) is 0 Å². The van der Waals surface area contributed by atoms with Gasteiger partial charge in [0.15, 0.2) is 0 Å². The molecule has 2 aromatic carbocycles. The summed E-state index contributed by atoms with van der Waals surface area (Å²) >= 11 is 1.57. The molecule has 5 aromatic rings. The number of hydrogen-bond donors (Lipinski definition) is 0. The van der Waals surface area contributed by atoms with Gasteiger partial charge in [0.2, 0.25) is 0 Å². The second-order valence-electron chi connectivity index (χ2n) is 8.33. The first-order valence-corrected chi connectivity index (χ1v) is 11.9. The number of benzene rings is 2. The van der Waals surface area contributed by atoms with Crippen LogP contribution in [0.3, 0.4) is 0 Å². The second-order valence-corrected chi connectivity index (χ2v) is 9.19. The van der Waals surface area contributed by atoms with Gasteiger partial charge >= 0.3 is 0 Å². The largest absolute Gasteiger partial charge is 0.378 e. The summed E-state index contributed by atoms with van der Waals surface area (Å²) < 4.78 is 36.9. The van der Waals surface area contributed by atoms with E-state index < -0.39 is 11.6 Å². The summed E-state index contributed by atoms with van der Waals surface area (Å²) in [6.45, 7) is 6.69. The number of imidazole rings is 1. The number of fused-ring (bicyclic) bond motifs is 2. The molecule has 1 aliphatic rings. The zero-order valence-electron chi connectivity index (χ0n) is 18.7. The minimum atomic E-state index is -0.562. The Labute approximate surface area is 198 Å². The molecule has 0 spiro atoms. The second kappa shape index (κ2) is 8.11. The number of thiazole rings is 1.